The molecule has 5 N–H and O–H groups in total. The zero-order valence-corrected chi connectivity index (χ0v) is 49.1. The van der Waals surface area contributed by atoms with Crippen LogP contribution in [0.2, 0.25) is 54.4 Å². The van der Waals surface area contributed by atoms with Crippen molar-refractivity contribution in [2.45, 2.75) is 180 Å². The van der Waals surface area contributed by atoms with E-state index in [0.29, 0.717) is 60.1 Å². The van der Waals surface area contributed by atoms with Gasteiger partial charge in [0, 0.05) is 25.9 Å². The molecule has 6 aromatic rings. The molecule has 21 nitrogen and oxygen atoms in total. The molecule has 0 saturated carbocycles. The zero-order chi connectivity index (χ0) is 53.7. The minimum absolute atomic E-state index is 0.0142. The Morgan fingerprint density at radius 2 is 1.22 bits per heavy atom. The molecule has 24 heteroatoms. The lowest BCUT2D eigenvalue weighted by molar-refractivity contribution is -0.0383. The number of benzene rings is 1. The topological polar surface area (TPSA) is 252 Å². The number of aromatic nitrogens is 11. The van der Waals surface area contributed by atoms with E-state index in [2.05, 4.69) is 154 Å². The standard InChI is InChI=1S/C24H45N5O4Si2.C23H31N7O3Si.C2H7NO/c1-23(2,3)34(7,8)31-14-18-17(33-35(9,10)24(4,5)6)13-19(32-18)29-16-28-20-21(25-11-12-30)26-15-27-22(20)29;1-7-17-18(33-34(5,6)23(2,3)4)12-19(31-17)29-14-26-20-21(29)24-13-25-22(20)32-30-16-11-9-8-10-15(16)27-28-30;3-1-2-4/h15-19,30H,11-14H2,1-10H3,(H,25,26,27);8-11,13-14,17-19H,7,12H2,1-6H3;4H,1-3H2/t17?,18-,19-;17-,18?,19-;/m11./s1. The highest BCUT2D eigenvalue weighted by Gasteiger charge is 2.48. The fraction of sp³-hybridized carbons (Fsp3) is 0.673. The van der Waals surface area contributed by atoms with E-state index in [1.807, 2.05) is 33.4 Å². The number of rotatable bonds is 16. The second-order valence-electron chi connectivity index (χ2n) is 23.3. The van der Waals surface area contributed by atoms with Gasteiger partial charge < -0.3 is 48.9 Å². The van der Waals surface area contributed by atoms with Crippen LogP contribution in [0.5, 0.6) is 5.88 Å². The van der Waals surface area contributed by atoms with Crippen LogP contribution < -0.4 is 15.9 Å². The lowest BCUT2D eigenvalue weighted by atomic mass is 10.1. The number of fused-ring (bicyclic) bond motifs is 3. The van der Waals surface area contributed by atoms with Gasteiger partial charge in [0.1, 0.15) is 42.2 Å². The summed E-state index contributed by atoms with van der Waals surface area (Å²) in [6.45, 7) is 37.5. The van der Waals surface area contributed by atoms with Crippen LogP contribution in [0.15, 0.2) is 49.6 Å². The van der Waals surface area contributed by atoms with Gasteiger partial charge in [0.05, 0.1) is 50.8 Å². The third-order valence-electron chi connectivity index (χ3n) is 15.0. The molecule has 0 bridgehead atoms. The van der Waals surface area contributed by atoms with Crippen molar-refractivity contribution in [1.29, 1.82) is 0 Å². The van der Waals surface area contributed by atoms with E-state index in [1.165, 1.54) is 17.5 Å². The molecule has 1 aromatic carbocycles. The van der Waals surface area contributed by atoms with Crippen LogP contribution in [-0.4, -0.2) is 147 Å². The third-order valence-corrected chi connectivity index (χ3v) is 28.5. The van der Waals surface area contributed by atoms with Gasteiger partial charge in [-0.05, 0) is 78.2 Å². The monoisotopic (exact) mass is 1070 g/mol. The Hall–Kier alpha value is -4.35. The van der Waals surface area contributed by atoms with Crippen LogP contribution in [-0.2, 0) is 22.8 Å². The Kier molecular flexibility index (Phi) is 18.5. The minimum Gasteiger partial charge on any atom is -0.414 e. The number of aliphatic hydroxyl groups excluding tert-OH is 2. The van der Waals surface area contributed by atoms with E-state index in [9.17, 15) is 5.11 Å². The van der Waals surface area contributed by atoms with E-state index >= 15 is 0 Å². The molecule has 0 amide bonds. The van der Waals surface area contributed by atoms with Crippen molar-refractivity contribution in [2.75, 3.05) is 38.2 Å². The lowest BCUT2D eigenvalue weighted by Crippen LogP contribution is -2.48. The maximum atomic E-state index is 9.17. The summed E-state index contributed by atoms with van der Waals surface area (Å²) in [5, 5.41) is 28.6. The molecule has 404 valence electrons. The highest BCUT2D eigenvalue weighted by atomic mass is 28.4. The summed E-state index contributed by atoms with van der Waals surface area (Å²) < 4.78 is 37.2. The molecule has 6 atom stereocenters. The summed E-state index contributed by atoms with van der Waals surface area (Å²) in [5.74, 6) is 0.909. The number of hydrogen-bond acceptors (Lipinski definition) is 18. The van der Waals surface area contributed by atoms with Crippen molar-refractivity contribution in [3.05, 3.63) is 49.6 Å². The quantitative estimate of drug-likeness (QED) is 0.0664. The number of nitrogens with zero attached hydrogens (tertiary/aromatic N) is 11. The Morgan fingerprint density at radius 3 is 1.77 bits per heavy atom. The molecule has 2 fully saturated rings. The number of anilines is 1. The highest BCUT2D eigenvalue weighted by Crippen LogP contribution is 2.44. The smallest absolute Gasteiger partial charge is 0.280 e. The van der Waals surface area contributed by atoms with Crippen molar-refractivity contribution in [1.82, 2.24) is 54.2 Å². The lowest BCUT2D eigenvalue weighted by Gasteiger charge is -2.40. The molecular weight excluding hydrogens is 983 g/mol. The Balaban J connectivity index is 0.000000222. The van der Waals surface area contributed by atoms with Gasteiger partial charge in [-0.1, -0.05) is 86.2 Å². The summed E-state index contributed by atoms with van der Waals surface area (Å²) in [7, 11) is -5.90. The van der Waals surface area contributed by atoms with Crippen LogP contribution >= 0.6 is 0 Å². The molecule has 7 heterocycles. The van der Waals surface area contributed by atoms with E-state index in [1.54, 1.807) is 12.7 Å². The van der Waals surface area contributed by atoms with Gasteiger partial charge in [0.2, 0.25) is 0 Å². The van der Waals surface area contributed by atoms with Crippen LogP contribution in [0.1, 0.15) is 101 Å². The molecule has 0 spiro atoms. The van der Waals surface area contributed by atoms with Crippen molar-refractivity contribution in [2.24, 2.45) is 5.73 Å². The number of nitrogens with one attached hydrogen (secondary N) is 1. The summed E-state index contributed by atoms with van der Waals surface area (Å²) in [5.41, 5.74) is 8.78. The first-order valence-corrected chi connectivity index (χ1v) is 34.2. The van der Waals surface area contributed by atoms with E-state index < -0.39 is 25.0 Å². The summed E-state index contributed by atoms with van der Waals surface area (Å²) >= 11 is 0. The second-order valence-corrected chi connectivity index (χ2v) is 37.6. The fourth-order valence-electron chi connectivity index (χ4n) is 7.59. The largest absolute Gasteiger partial charge is 0.414 e. The van der Waals surface area contributed by atoms with Gasteiger partial charge in [0.15, 0.2) is 53.1 Å². The summed E-state index contributed by atoms with van der Waals surface area (Å²) in [6.07, 6.45) is 8.12. The Morgan fingerprint density at radius 1 is 0.699 bits per heavy atom. The van der Waals surface area contributed by atoms with Crippen LogP contribution in [0.3, 0.4) is 0 Å². The minimum atomic E-state index is -2.02. The number of hydrogen-bond donors (Lipinski definition) is 4. The number of imidazole rings is 2. The number of ether oxygens (including phenoxy) is 2. The predicted molar refractivity (Wildman–Crippen MR) is 291 cm³/mol. The maximum Gasteiger partial charge on any atom is 0.280 e. The fourth-order valence-corrected chi connectivity index (χ4v) is 11.3. The van der Waals surface area contributed by atoms with Crippen LogP contribution in [0, 0.1) is 0 Å². The molecule has 5 aromatic heterocycles. The normalized spacial score (nSPS) is 21.1. The molecule has 0 radical (unpaired) electrons. The molecule has 2 aliphatic rings. The van der Waals surface area contributed by atoms with Gasteiger partial charge in [-0.3, -0.25) is 9.13 Å². The molecule has 0 aliphatic carbocycles. The molecule has 73 heavy (non-hydrogen) atoms. The van der Waals surface area contributed by atoms with Crippen LogP contribution in [0.4, 0.5) is 5.82 Å². The number of aliphatic hydroxyl groups is 2. The molecule has 2 aliphatic heterocycles. The van der Waals surface area contributed by atoms with Gasteiger partial charge in [-0.15, -0.1) is 5.10 Å². The first-order chi connectivity index (χ1) is 34.2. The molecule has 8 rings (SSSR count). The molecule has 2 unspecified atom stereocenters. The van der Waals surface area contributed by atoms with Crippen molar-refractivity contribution >= 4 is 64.1 Å². The average molecular weight is 1070 g/mol. The maximum absolute atomic E-state index is 9.17. The van der Waals surface area contributed by atoms with Crippen LogP contribution in [0.25, 0.3) is 33.4 Å². The number of nitrogens with two attached hydrogens (primary N) is 1. The highest BCUT2D eigenvalue weighted by molar-refractivity contribution is 6.75. The van der Waals surface area contributed by atoms with Gasteiger partial charge in [-0.25, -0.2) is 24.9 Å². The third kappa shape index (κ3) is 13.4. The van der Waals surface area contributed by atoms with E-state index in [-0.39, 0.29) is 65.2 Å². The first kappa shape index (κ1) is 57.9. The van der Waals surface area contributed by atoms with Crippen molar-refractivity contribution in [3.63, 3.8) is 0 Å². The van der Waals surface area contributed by atoms with Gasteiger partial charge in [-0.2, -0.15) is 4.98 Å². The molecular formula is C49H83N13O8Si3. The van der Waals surface area contributed by atoms with Gasteiger partial charge >= 0.3 is 0 Å². The van der Waals surface area contributed by atoms with Crippen molar-refractivity contribution < 1.29 is 37.8 Å². The predicted octanol–water partition coefficient (Wildman–Crippen LogP) is 8.37. The number of para-hydroxylation sites is 1. The molecule has 2 saturated heterocycles. The summed E-state index contributed by atoms with van der Waals surface area (Å²) in [6, 6.07) is 7.56. The summed E-state index contributed by atoms with van der Waals surface area (Å²) in [4.78, 5) is 33.9. The van der Waals surface area contributed by atoms with Gasteiger partial charge in [0.25, 0.3) is 5.88 Å². The Labute approximate surface area is 433 Å². The average Bonchev–Trinajstić information content (AvgIpc) is 4.17. The first-order valence-electron chi connectivity index (χ1n) is 25.5. The Bertz CT molecular complexity index is 2710. The SMILES string of the molecule is CC(C)(C)[Si](C)(C)OC[C@H]1O[C@@H](n2cnc3c(NCCO)ncnc32)CC1O[Si](C)(C)C(C)(C)C.CC[C@H]1O[C@@H](n2cnc3c(On4nnc5ccccc54)ncnc32)CC1O[Si](C)(C)C(C)(C)C.NCCO. The zero-order valence-electron chi connectivity index (χ0n) is 46.1. The second kappa shape index (κ2) is 23.3. The van der Waals surface area contributed by atoms with E-state index in [4.69, 9.17) is 38.4 Å². The van der Waals surface area contributed by atoms with E-state index in [0.717, 1.165) is 23.9 Å². The van der Waals surface area contributed by atoms with Crippen molar-refractivity contribution in [3.8, 4) is 5.88 Å².